The fourth-order valence-corrected chi connectivity index (χ4v) is 5.30. The number of para-hydroxylation sites is 1. The first-order chi connectivity index (χ1) is 13.1. The molecule has 0 saturated carbocycles. The summed E-state index contributed by atoms with van der Waals surface area (Å²) >= 11 is 4.94. The highest BCUT2D eigenvalue weighted by Gasteiger charge is 2.38. The van der Waals surface area contributed by atoms with Crippen molar-refractivity contribution in [2.24, 2.45) is 0 Å². The molecule has 0 bridgehead atoms. The Kier molecular flexibility index (Phi) is 3.95. The summed E-state index contributed by atoms with van der Waals surface area (Å²) in [5, 5.41) is 3.01. The highest BCUT2D eigenvalue weighted by Crippen LogP contribution is 2.52. The molecule has 0 amide bonds. The van der Waals surface area contributed by atoms with Crippen LogP contribution >= 0.6 is 27.7 Å². The summed E-state index contributed by atoms with van der Waals surface area (Å²) < 4.78 is 15.6. The second kappa shape index (κ2) is 6.36. The summed E-state index contributed by atoms with van der Waals surface area (Å²) in [6.07, 6.45) is 0. The first-order valence-corrected chi connectivity index (χ1v) is 10.2. The van der Waals surface area contributed by atoms with Gasteiger partial charge in [-0.25, -0.2) is 4.39 Å². The minimum Gasteiger partial charge on any atom is -0.354 e. The number of fused-ring (bicyclic) bond motifs is 3. The number of rotatable bonds is 1. The Labute approximate surface area is 168 Å². The molecule has 3 aromatic rings. The van der Waals surface area contributed by atoms with Gasteiger partial charge in [0.25, 0.3) is 0 Å². The van der Waals surface area contributed by atoms with Crippen LogP contribution in [0.25, 0.3) is 5.70 Å². The average molecular weight is 438 g/mol. The van der Waals surface area contributed by atoms with Gasteiger partial charge in [-0.1, -0.05) is 52.3 Å². The van der Waals surface area contributed by atoms with Crippen molar-refractivity contribution in [1.82, 2.24) is 0 Å². The minimum absolute atomic E-state index is 0.0437. The molecule has 3 aromatic carbocycles. The lowest BCUT2D eigenvalue weighted by molar-refractivity contribution is 0.103. The number of benzene rings is 3. The summed E-state index contributed by atoms with van der Waals surface area (Å²) in [6.45, 7) is 0. The number of carbonyl (C=O) groups excluding carboxylic acids is 1. The van der Waals surface area contributed by atoms with E-state index >= 15 is 0 Å². The van der Waals surface area contributed by atoms with Crippen LogP contribution in [0.15, 0.2) is 81.7 Å². The molecule has 1 N–H and O–H groups in total. The van der Waals surface area contributed by atoms with Crippen LogP contribution < -0.4 is 5.32 Å². The third kappa shape index (κ3) is 2.65. The lowest BCUT2D eigenvalue weighted by Crippen LogP contribution is -2.09. The lowest BCUT2D eigenvalue weighted by atomic mass is 10.0. The molecule has 5 heteroatoms. The van der Waals surface area contributed by atoms with Gasteiger partial charge < -0.3 is 5.32 Å². The Morgan fingerprint density at radius 2 is 1.70 bits per heavy atom. The Morgan fingerprint density at radius 1 is 0.963 bits per heavy atom. The zero-order valence-corrected chi connectivity index (χ0v) is 16.4. The number of ketones is 1. The number of hydrogen-bond donors (Lipinski definition) is 1. The highest BCUT2D eigenvalue weighted by atomic mass is 79.9. The average Bonchev–Trinajstić information content (AvgIpc) is 2.85. The SMILES string of the molecule is O=C1C2=C(Nc3ccccc3SC2c2cc(Br)ccc2F)c2ccccc21. The zero-order valence-electron chi connectivity index (χ0n) is 14.0. The van der Waals surface area contributed by atoms with Crippen LogP contribution in [0.2, 0.25) is 0 Å². The van der Waals surface area contributed by atoms with E-state index in [0.717, 1.165) is 26.3 Å². The van der Waals surface area contributed by atoms with Gasteiger partial charge in [0, 0.05) is 31.6 Å². The molecule has 5 rings (SSSR count). The van der Waals surface area contributed by atoms with E-state index in [4.69, 9.17) is 0 Å². The summed E-state index contributed by atoms with van der Waals surface area (Å²) in [4.78, 5) is 14.3. The number of hydrogen-bond acceptors (Lipinski definition) is 3. The third-order valence-electron chi connectivity index (χ3n) is 4.85. The number of Topliss-reactive ketones (excluding diaryl/α,β-unsaturated/α-hetero) is 1. The molecular formula is C22H13BrFNOS. The number of halogens is 2. The number of carbonyl (C=O) groups is 1. The van der Waals surface area contributed by atoms with E-state index in [2.05, 4.69) is 21.2 Å². The fourth-order valence-electron chi connectivity index (χ4n) is 3.62. The van der Waals surface area contributed by atoms with Crippen LogP contribution in [-0.4, -0.2) is 5.78 Å². The molecule has 27 heavy (non-hydrogen) atoms. The van der Waals surface area contributed by atoms with Crippen molar-refractivity contribution in [3.05, 3.63) is 99.3 Å². The molecule has 1 aliphatic carbocycles. The predicted molar refractivity (Wildman–Crippen MR) is 110 cm³/mol. The van der Waals surface area contributed by atoms with Gasteiger partial charge in [0.2, 0.25) is 0 Å². The van der Waals surface area contributed by atoms with E-state index < -0.39 is 5.25 Å². The van der Waals surface area contributed by atoms with E-state index in [1.165, 1.54) is 17.8 Å². The fraction of sp³-hybridized carbons (Fsp3) is 0.0455. The zero-order chi connectivity index (χ0) is 18.5. The molecule has 2 nitrogen and oxygen atoms in total. The summed E-state index contributed by atoms with van der Waals surface area (Å²) in [7, 11) is 0. The lowest BCUT2D eigenvalue weighted by Gasteiger charge is -2.18. The first-order valence-electron chi connectivity index (χ1n) is 8.49. The summed E-state index contributed by atoms with van der Waals surface area (Å²) in [5.41, 5.74) is 4.34. The van der Waals surface area contributed by atoms with E-state index in [9.17, 15) is 9.18 Å². The largest absolute Gasteiger partial charge is 0.354 e. The van der Waals surface area contributed by atoms with Crippen molar-refractivity contribution in [2.75, 3.05) is 5.32 Å². The Morgan fingerprint density at radius 3 is 2.56 bits per heavy atom. The number of anilines is 1. The van der Waals surface area contributed by atoms with Crippen molar-refractivity contribution in [2.45, 2.75) is 10.1 Å². The van der Waals surface area contributed by atoms with E-state index in [0.29, 0.717) is 16.7 Å². The third-order valence-corrected chi connectivity index (χ3v) is 6.68. The van der Waals surface area contributed by atoms with Crippen molar-refractivity contribution < 1.29 is 9.18 Å². The molecule has 1 heterocycles. The van der Waals surface area contributed by atoms with Crippen LogP contribution in [0, 0.1) is 5.82 Å². The van der Waals surface area contributed by atoms with Gasteiger partial charge in [-0.2, -0.15) is 0 Å². The molecule has 132 valence electrons. The topological polar surface area (TPSA) is 29.1 Å². The Balaban J connectivity index is 1.78. The summed E-state index contributed by atoms with van der Waals surface area (Å²) in [5.74, 6) is -0.358. The van der Waals surface area contributed by atoms with Gasteiger partial charge in [-0.05, 0) is 30.3 Å². The maximum atomic E-state index is 14.8. The van der Waals surface area contributed by atoms with E-state index in [1.807, 2.05) is 48.5 Å². The normalized spacial score (nSPS) is 17.7. The highest BCUT2D eigenvalue weighted by molar-refractivity contribution is 9.10. The van der Waals surface area contributed by atoms with Crippen molar-refractivity contribution >= 4 is 44.9 Å². The maximum absolute atomic E-state index is 14.8. The molecule has 1 unspecified atom stereocenters. The summed E-state index contributed by atoms with van der Waals surface area (Å²) in [6, 6.07) is 20.3. The predicted octanol–water partition coefficient (Wildman–Crippen LogP) is 6.45. The second-order valence-corrected chi connectivity index (χ2v) is 8.51. The number of nitrogens with one attached hydrogen (secondary N) is 1. The number of thioether (sulfide) groups is 1. The molecule has 1 aliphatic heterocycles. The molecule has 0 radical (unpaired) electrons. The van der Waals surface area contributed by atoms with Gasteiger partial charge in [-0.3, -0.25) is 4.79 Å². The molecule has 0 spiro atoms. The minimum atomic E-state index is -0.437. The maximum Gasteiger partial charge on any atom is 0.193 e. The Hall–Kier alpha value is -2.37. The first kappa shape index (κ1) is 16.8. The van der Waals surface area contributed by atoms with Gasteiger partial charge >= 0.3 is 0 Å². The van der Waals surface area contributed by atoms with Gasteiger partial charge in [0.15, 0.2) is 5.78 Å². The standard InChI is InChI=1S/C22H13BrFNOS/c23-12-9-10-16(24)15(11-12)22-19-20(13-5-1-2-6-14(13)21(19)26)25-17-7-3-4-8-18(17)27-22/h1-11,22,25H. The molecular weight excluding hydrogens is 425 g/mol. The smallest absolute Gasteiger partial charge is 0.193 e. The molecule has 0 fully saturated rings. The van der Waals surface area contributed by atoms with Gasteiger partial charge in [-0.15, -0.1) is 11.8 Å². The molecule has 0 aromatic heterocycles. The molecule has 2 aliphatic rings. The monoisotopic (exact) mass is 437 g/mol. The van der Waals surface area contributed by atoms with Crippen LogP contribution in [0.3, 0.4) is 0 Å². The van der Waals surface area contributed by atoms with Crippen LogP contribution in [-0.2, 0) is 0 Å². The van der Waals surface area contributed by atoms with Crippen LogP contribution in [0.5, 0.6) is 0 Å². The second-order valence-electron chi connectivity index (χ2n) is 6.45. The van der Waals surface area contributed by atoms with Gasteiger partial charge in [0.1, 0.15) is 5.82 Å². The Bertz CT molecular complexity index is 1140. The van der Waals surface area contributed by atoms with Crippen LogP contribution in [0.4, 0.5) is 10.1 Å². The van der Waals surface area contributed by atoms with Crippen LogP contribution in [0.1, 0.15) is 26.7 Å². The van der Waals surface area contributed by atoms with E-state index in [-0.39, 0.29) is 11.6 Å². The van der Waals surface area contributed by atoms with Gasteiger partial charge in [0.05, 0.1) is 16.6 Å². The van der Waals surface area contributed by atoms with E-state index in [1.54, 1.807) is 12.1 Å². The van der Waals surface area contributed by atoms with Crippen molar-refractivity contribution in [1.29, 1.82) is 0 Å². The quantitative estimate of drug-likeness (QED) is 0.473. The van der Waals surface area contributed by atoms with Crippen molar-refractivity contribution in [3.63, 3.8) is 0 Å². The van der Waals surface area contributed by atoms with Crippen molar-refractivity contribution in [3.8, 4) is 0 Å². The molecule has 1 atom stereocenters. The molecule has 0 saturated heterocycles.